The second kappa shape index (κ2) is 9.44. The molecule has 3 aromatic rings. The molecule has 0 saturated carbocycles. The van der Waals surface area contributed by atoms with Gasteiger partial charge < -0.3 is 15.0 Å². The lowest BCUT2D eigenvalue weighted by molar-refractivity contribution is -0.0872. The van der Waals surface area contributed by atoms with Crippen molar-refractivity contribution in [2.24, 2.45) is 0 Å². The molecule has 33 heavy (non-hydrogen) atoms. The second-order valence-electron chi connectivity index (χ2n) is 8.67. The first-order valence-corrected chi connectivity index (χ1v) is 11.4. The lowest BCUT2D eigenvalue weighted by Gasteiger charge is -2.41. The van der Waals surface area contributed by atoms with Crippen LogP contribution >= 0.6 is 0 Å². The Kier molecular flexibility index (Phi) is 6.24. The third-order valence-corrected chi connectivity index (χ3v) is 6.16. The van der Waals surface area contributed by atoms with Crippen LogP contribution in [0.4, 0.5) is 26.1 Å². The predicted octanol–water partition coefficient (Wildman–Crippen LogP) is 4.25. The van der Waals surface area contributed by atoms with E-state index in [2.05, 4.69) is 44.3 Å². The van der Waals surface area contributed by atoms with Gasteiger partial charge in [-0.1, -0.05) is 0 Å². The fourth-order valence-electron chi connectivity index (χ4n) is 4.54. The van der Waals surface area contributed by atoms with Crippen LogP contribution in [0.3, 0.4) is 0 Å². The molecule has 2 fully saturated rings. The molecule has 2 aliphatic rings. The summed E-state index contributed by atoms with van der Waals surface area (Å²) in [5.74, 6) is -0.961. The maximum atomic E-state index is 13.5. The number of nitrogens with zero attached hydrogens (tertiary/aromatic N) is 5. The number of aromatic nitrogens is 3. The zero-order chi connectivity index (χ0) is 22.8. The van der Waals surface area contributed by atoms with Crippen molar-refractivity contribution in [3.05, 3.63) is 59.9 Å². The summed E-state index contributed by atoms with van der Waals surface area (Å²) < 4.78 is 34.4. The fourth-order valence-corrected chi connectivity index (χ4v) is 4.54. The Morgan fingerprint density at radius 3 is 2.45 bits per heavy atom. The first kappa shape index (κ1) is 21.8. The number of benzene rings is 2. The molecule has 2 saturated heterocycles. The second-order valence-corrected chi connectivity index (χ2v) is 8.67. The van der Waals surface area contributed by atoms with E-state index < -0.39 is 11.6 Å². The zero-order valence-corrected chi connectivity index (χ0v) is 18.7. The summed E-state index contributed by atoms with van der Waals surface area (Å²) >= 11 is 0. The monoisotopic (exact) mass is 454 g/mol. The molecule has 3 heterocycles. The van der Waals surface area contributed by atoms with Gasteiger partial charge in [-0.3, -0.25) is 4.90 Å². The average molecular weight is 455 g/mol. The molecule has 9 heteroatoms. The Labute approximate surface area is 192 Å². The summed E-state index contributed by atoms with van der Waals surface area (Å²) in [4.78, 5) is 9.09. The van der Waals surface area contributed by atoms with Crippen molar-refractivity contribution in [2.75, 3.05) is 43.0 Å². The van der Waals surface area contributed by atoms with Gasteiger partial charge in [0.15, 0.2) is 0 Å². The van der Waals surface area contributed by atoms with Crippen LogP contribution in [0.2, 0.25) is 0 Å². The third-order valence-electron chi connectivity index (χ3n) is 6.16. The van der Waals surface area contributed by atoms with Crippen molar-refractivity contribution >= 4 is 17.3 Å². The van der Waals surface area contributed by atoms with Crippen LogP contribution in [0, 0.1) is 18.6 Å². The lowest BCUT2D eigenvalue weighted by atomic mass is 10.1. The Morgan fingerprint density at radius 1 is 0.939 bits per heavy atom. The van der Waals surface area contributed by atoms with Crippen LogP contribution in [0.15, 0.2) is 42.7 Å². The van der Waals surface area contributed by atoms with Crippen LogP contribution in [0.25, 0.3) is 5.69 Å². The first-order valence-electron chi connectivity index (χ1n) is 11.4. The largest absolute Gasteiger partial charge is 0.369 e. The molecule has 1 aromatic heterocycles. The van der Waals surface area contributed by atoms with Crippen LogP contribution < -0.4 is 10.2 Å². The highest BCUT2D eigenvalue weighted by atomic mass is 19.1. The molecule has 0 bridgehead atoms. The van der Waals surface area contributed by atoms with Gasteiger partial charge in [0.1, 0.15) is 24.2 Å². The number of nitrogens with one attached hydrogen (secondary N) is 1. The van der Waals surface area contributed by atoms with Gasteiger partial charge in [0.05, 0.1) is 5.69 Å². The molecule has 2 aromatic carbocycles. The van der Waals surface area contributed by atoms with Crippen molar-refractivity contribution in [1.82, 2.24) is 19.7 Å². The van der Waals surface area contributed by atoms with E-state index >= 15 is 0 Å². The molecule has 5 rings (SSSR count). The van der Waals surface area contributed by atoms with Gasteiger partial charge in [0.25, 0.3) is 0 Å². The van der Waals surface area contributed by atoms with Crippen molar-refractivity contribution in [2.45, 2.75) is 32.4 Å². The summed E-state index contributed by atoms with van der Waals surface area (Å²) in [5.41, 5.74) is 3.41. The van der Waals surface area contributed by atoms with Gasteiger partial charge in [-0.2, -0.15) is 4.98 Å². The molecule has 2 aliphatic heterocycles. The van der Waals surface area contributed by atoms with Crippen LogP contribution in [-0.2, 0) is 4.74 Å². The number of aryl methyl sites for hydroxylation is 1. The molecular weight excluding hydrogens is 426 g/mol. The molecular formula is C24H28F2N6O. The molecule has 1 atom stereocenters. The maximum Gasteiger partial charge on any atom is 0.246 e. The number of rotatable bonds is 5. The molecule has 0 aliphatic carbocycles. The number of halogens is 2. The summed E-state index contributed by atoms with van der Waals surface area (Å²) in [6.45, 7) is 6.79. The van der Waals surface area contributed by atoms with Gasteiger partial charge in [-0.25, -0.2) is 13.5 Å². The van der Waals surface area contributed by atoms with E-state index in [9.17, 15) is 8.78 Å². The summed E-state index contributed by atoms with van der Waals surface area (Å²) in [5, 5.41) is 7.53. The predicted molar refractivity (Wildman–Crippen MR) is 123 cm³/mol. The van der Waals surface area contributed by atoms with Crippen LogP contribution in [0.1, 0.15) is 24.8 Å². The van der Waals surface area contributed by atoms with Crippen molar-refractivity contribution in [3.63, 3.8) is 0 Å². The molecule has 1 N–H and O–H groups in total. The topological polar surface area (TPSA) is 58.5 Å². The highest BCUT2D eigenvalue weighted by Crippen LogP contribution is 2.26. The molecule has 174 valence electrons. The normalized spacial score (nSPS) is 19.6. The van der Waals surface area contributed by atoms with Gasteiger partial charge in [0.2, 0.25) is 5.95 Å². The highest BCUT2D eigenvalue weighted by Gasteiger charge is 2.26. The number of piperazine rings is 1. The molecule has 0 radical (unpaired) electrons. The van der Waals surface area contributed by atoms with Gasteiger partial charge in [-0.15, -0.1) is 5.10 Å². The summed E-state index contributed by atoms with van der Waals surface area (Å²) in [6, 6.07) is 9.55. The van der Waals surface area contributed by atoms with E-state index in [1.165, 1.54) is 36.0 Å². The van der Waals surface area contributed by atoms with E-state index in [1.54, 1.807) is 0 Å². The number of ether oxygens (including phenoxy) is 1. The van der Waals surface area contributed by atoms with E-state index in [1.807, 2.05) is 6.07 Å². The highest BCUT2D eigenvalue weighted by molar-refractivity contribution is 5.64. The van der Waals surface area contributed by atoms with E-state index in [0.29, 0.717) is 5.95 Å². The fraction of sp³-hybridized carbons (Fsp3) is 0.417. The van der Waals surface area contributed by atoms with Gasteiger partial charge in [0, 0.05) is 50.2 Å². The first-order chi connectivity index (χ1) is 16.0. The minimum atomic E-state index is -0.659. The van der Waals surface area contributed by atoms with Crippen LogP contribution in [0.5, 0.6) is 0 Å². The van der Waals surface area contributed by atoms with Gasteiger partial charge >= 0.3 is 0 Å². The quantitative estimate of drug-likeness (QED) is 0.622. The van der Waals surface area contributed by atoms with Crippen LogP contribution in [-0.4, -0.2) is 58.7 Å². The van der Waals surface area contributed by atoms with E-state index in [4.69, 9.17) is 4.74 Å². The SMILES string of the molecule is Cc1cc(Nc2ncn(-c3cc(F)cc(F)c3)n2)cc(N2CCN(C3CCCCO3)CC2)c1. The summed E-state index contributed by atoms with van der Waals surface area (Å²) in [6.07, 6.45) is 5.24. The lowest BCUT2D eigenvalue weighted by Crippen LogP contribution is -2.51. The van der Waals surface area contributed by atoms with E-state index in [0.717, 1.165) is 62.2 Å². The maximum absolute atomic E-state index is 13.5. The smallest absolute Gasteiger partial charge is 0.246 e. The Morgan fingerprint density at radius 2 is 1.73 bits per heavy atom. The standard InChI is InChI=1S/C24H28F2N6O/c1-17-10-20(28-24-27-16-32(29-24)22-13-18(25)12-19(26)14-22)15-21(11-17)30-5-7-31(8-6-30)23-4-2-3-9-33-23/h10-16,23H,2-9H2,1H3,(H,28,29). The Hall–Kier alpha value is -3.04. The van der Waals surface area contributed by atoms with Crippen molar-refractivity contribution in [3.8, 4) is 5.69 Å². The molecule has 0 spiro atoms. The van der Waals surface area contributed by atoms with E-state index in [-0.39, 0.29) is 11.9 Å². The minimum Gasteiger partial charge on any atom is -0.369 e. The number of anilines is 3. The zero-order valence-electron chi connectivity index (χ0n) is 18.7. The number of hydrogen-bond acceptors (Lipinski definition) is 6. The molecule has 1 unspecified atom stereocenters. The molecule has 0 amide bonds. The third kappa shape index (κ3) is 5.15. The Bertz CT molecular complexity index is 1090. The molecule has 7 nitrogen and oxygen atoms in total. The average Bonchev–Trinajstić information content (AvgIpc) is 3.27. The number of hydrogen-bond donors (Lipinski definition) is 1. The van der Waals surface area contributed by atoms with Crippen molar-refractivity contribution in [1.29, 1.82) is 0 Å². The van der Waals surface area contributed by atoms with Gasteiger partial charge in [-0.05, 0) is 62.1 Å². The summed E-state index contributed by atoms with van der Waals surface area (Å²) in [7, 11) is 0. The van der Waals surface area contributed by atoms with Crippen molar-refractivity contribution < 1.29 is 13.5 Å². The Balaban J connectivity index is 1.26. The minimum absolute atomic E-state index is 0.267.